The van der Waals surface area contributed by atoms with Gasteiger partial charge in [-0.05, 0) is 24.0 Å². The van der Waals surface area contributed by atoms with E-state index in [0.717, 1.165) is 12.8 Å². The zero-order valence-electron chi connectivity index (χ0n) is 10.3. The van der Waals surface area contributed by atoms with Crippen LogP contribution < -0.4 is 0 Å². The lowest BCUT2D eigenvalue weighted by Crippen LogP contribution is -2.41. The number of imide groups is 1. The van der Waals surface area contributed by atoms with Crippen molar-refractivity contribution in [1.82, 2.24) is 4.90 Å². The van der Waals surface area contributed by atoms with Gasteiger partial charge in [0.2, 0.25) is 11.8 Å². The Bertz CT molecular complexity index is 278. The fourth-order valence-corrected chi connectivity index (χ4v) is 2.64. The maximum atomic E-state index is 11.8. The molecule has 1 aliphatic rings. The average Bonchev–Trinajstić information content (AvgIpc) is 2.52. The van der Waals surface area contributed by atoms with Crippen molar-refractivity contribution in [2.45, 2.75) is 40.0 Å². The van der Waals surface area contributed by atoms with Crippen LogP contribution in [0.5, 0.6) is 0 Å². The van der Waals surface area contributed by atoms with Gasteiger partial charge in [-0.3, -0.25) is 14.5 Å². The molecule has 1 rings (SSSR count). The fraction of sp³-hybridized carbons (Fsp3) is 0.833. The summed E-state index contributed by atoms with van der Waals surface area (Å²) < 4.78 is 0. The highest BCUT2D eigenvalue weighted by Crippen LogP contribution is 2.32. The fourth-order valence-electron chi connectivity index (χ4n) is 2.10. The topological polar surface area (TPSA) is 37.4 Å². The summed E-state index contributed by atoms with van der Waals surface area (Å²) in [6.07, 6.45) is 2.26. The Morgan fingerprint density at radius 1 is 1.38 bits per heavy atom. The average molecular weight is 243 g/mol. The molecule has 1 heterocycles. The molecule has 3 nitrogen and oxygen atoms in total. The van der Waals surface area contributed by atoms with Crippen LogP contribution in [0.3, 0.4) is 0 Å². The quantitative estimate of drug-likeness (QED) is 0.593. The van der Waals surface area contributed by atoms with Crippen LogP contribution in [0.15, 0.2) is 0 Å². The molecule has 1 aliphatic heterocycles. The third kappa shape index (κ3) is 2.42. The highest BCUT2D eigenvalue weighted by molar-refractivity contribution is 7.80. The Morgan fingerprint density at radius 3 is 2.25 bits per heavy atom. The molecular formula is C12H21NO2S. The van der Waals surface area contributed by atoms with Crippen LogP contribution in [-0.2, 0) is 9.59 Å². The van der Waals surface area contributed by atoms with E-state index in [0.29, 0.717) is 18.7 Å². The Hall–Kier alpha value is -0.510. The van der Waals surface area contributed by atoms with Gasteiger partial charge in [0.05, 0.1) is 0 Å². The van der Waals surface area contributed by atoms with Gasteiger partial charge in [0.1, 0.15) is 0 Å². The van der Waals surface area contributed by atoms with Crippen molar-refractivity contribution in [3.05, 3.63) is 0 Å². The molecule has 0 aromatic rings. The summed E-state index contributed by atoms with van der Waals surface area (Å²) in [5.74, 6) is 0.535. The first-order valence-electron chi connectivity index (χ1n) is 5.94. The minimum Gasteiger partial charge on any atom is -0.282 e. The van der Waals surface area contributed by atoms with Gasteiger partial charge in [-0.25, -0.2) is 0 Å². The van der Waals surface area contributed by atoms with E-state index in [1.807, 2.05) is 6.92 Å². The van der Waals surface area contributed by atoms with Gasteiger partial charge in [0.15, 0.2) is 0 Å². The maximum Gasteiger partial charge on any atom is 0.232 e. The number of amides is 2. The van der Waals surface area contributed by atoms with Gasteiger partial charge in [0, 0.05) is 18.9 Å². The lowest BCUT2D eigenvalue weighted by Gasteiger charge is -2.33. The first-order chi connectivity index (χ1) is 7.49. The number of rotatable bonds is 5. The third-order valence-electron chi connectivity index (χ3n) is 3.80. The summed E-state index contributed by atoms with van der Waals surface area (Å²) in [5.41, 5.74) is -0.0154. The highest BCUT2D eigenvalue weighted by Gasteiger charge is 2.39. The van der Waals surface area contributed by atoms with Crippen LogP contribution in [0.2, 0.25) is 0 Å². The molecule has 92 valence electrons. The van der Waals surface area contributed by atoms with Crippen molar-refractivity contribution in [3.8, 4) is 0 Å². The number of likely N-dealkylation sites (tertiary alicyclic amines) is 1. The second-order valence-electron chi connectivity index (χ2n) is 4.79. The number of hydrogen-bond donors (Lipinski definition) is 1. The second kappa shape index (κ2) is 5.21. The molecule has 1 unspecified atom stereocenters. The van der Waals surface area contributed by atoms with E-state index >= 15 is 0 Å². The Kier molecular flexibility index (Phi) is 4.42. The molecule has 16 heavy (non-hydrogen) atoms. The minimum atomic E-state index is -0.140. The normalized spacial score (nSPS) is 22.0. The molecule has 1 saturated heterocycles. The zero-order chi connectivity index (χ0) is 12.3. The van der Waals surface area contributed by atoms with Crippen molar-refractivity contribution >= 4 is 24.4 Å². The van der Waals surface area contributed by atoms with Gasteiger partial charge in [-0.1, -0.05) is 20.8 Å². The number of carbonyl (C=O) groups is 2. The van der Waals surface area contributed by atoms with E-state index in [9.17, 15) is 9.59 Å². The Labute approximate surface area is 103 Å². The summed E-state index contributed by atoms with van der Waals surface area (Å²) >= 11 is 4.37. The summed E-state index contributed by atoms with van der Waals surface area (Å²) in [5, 5.41) is 0. The van der Waals surface area contributed by atoms with E-state index in [-0.39, 0.29) is 23.1 Å². The Morgan fingerprint density at radius 2 is 1.94 bits per heavy atom. The van der Waals surface area contributed by atoms with Crippen LogP contribution in [0.4, 0.5) is 0 Å². The first-order valence-corrected chi connectivity index (χ1v) is 6.58. The van der Waals surface area contributed by atoms with E-state index in [4.69, 9.17) is 0 Å². The van der Waals surface area contributed by atoms with Gasteiger partial charge in [-0.15, -0.1) is 0 Å². The third-order valence-corrected chi connectivity index (χ3v) is 4.47. The van der Waals surface area contributed by atoms with Gasteiger partial charge in [-0.2, -0.15) is 12.6 Å². The largest absolute Gasteiger partial charge is 0.282 e. The zero-order valence-corrected chi connectivity index (χ0v) is 11.2. The molecule has 0 aliphatic carbocycles. The minimum absolute atomic E-state index is 0.0154. The van der Waals surface area contributed by atoms with Gasteiger partial charge < -0.3 is 0 Å². The van der Waals surface area contributed by atoms with E-state index < -0.39 is 0 Å². The van der Waals surface area contributed by atoms with Gasteiger partial charge >= 0.3 is 0 Å². The molecule has 1 atom stereocenters. The van der Waals surface area contributed by atoms with Crippen LogP contribution in [0.25, 0.3) is 0 Å². The molecule has 0 saturated carbocycles. The van der Waals surface area contributed by atoms with Gasteiger partial charge in [0.25, 0.3) is 0 Å². The van der Waals surface area contributed by atoms with Crippen molar-refractivity contribution < 1.29 is 9.59 Å². The van der Waals surface area contributed by atoms with Crippen LogP contribution >= 0.6 is 12.6 Å². The lowest BCUT2D eigenvalue weighted by atomic mass is 9.84. The standard InChI is InChI=1S/C12H21NO2S/c1-4-12(5-2,8-16)7-13-10(14)6-9(3)11(13)15/h9,16H,4-8H2,1-3H3. The van der Waals surface area contributed by atoms with Crippen molar-refractivity contribution in [2.24, 2.45) is 11.3 Å². The molecule has 0 radical (unpaired) electrons. The first kappa shape index (κ1) is 13.6. The van der Waals surface area contributed by atoms with Crippen LogP contribution in [0.1, 0.15) is 40.0 Å². The molecule has 0 aromatic carbocycles. The number of hydrogen-bond acceptors (Lipinski definition) is 3. The van der Waals surface area contributed by atoms with Crippen LogP contribution in [0, 0.1) is 11.3 Å². The summed E-state index contributed by atoms with van der Waals surface area (Å²) in [6, 6.07) is 0. The molecular weight excluding hydrogens is 222 g/mol. The predicted octanol–water partition coefficient (Wildman–Crippen LogP) is 2.12. The number of nitrogens with zero attached hydrogens (tertiary/aromatic N) is 1. The van der Waals surface area contributed by atoms with E-state index in [1.54, 1.807) is 0 Å². The van der Waals surface area contributed by atoms with Crippen molar-refractivity contribution in [1.29, 1.82) is 0 Å². The summed E-state index contributed by atoms with van der Waals surface area (Å²) in [4.78, 5) is 25.0. The van der Waals surface area contributed by atoms with E-state index in [1.165, 1.54) is 4.90 Å². The van der Waals surface area contributed by atoms with E-state index in [2.05, 4.69) is 26.5 Å². The number of thiol groups is 1. The molecule has 0 N–H and O–H groups in total. The smallest absolute Gasteiger partial charge is 0.232 e. The SMILES string of the molecule is CCC(CC)(CS)CN1C(=O)CC(C)C1=O. The molecule has 0 aromatic heterocycles. The van der Waals surface area contributed by atoms with Crippen molar-refractivity contribution in [2.75, 3.05) is 12.3 Å². The predicted molar refractivity (Wildman–Crippen MR) is 67.4 cm³/mol. The molecule has 1 fully saturated rings. The van der Waals surface area contributed by atoms with Crippen molar-refractivity contribution in [3.63, 3.8) is 0 Å². The molecule has 0 bridgehead atoms. The van der Waals surface area contributed by atoms with Crippen LogP contribution in [-0.4, -0.2) is 29.0 Å². The lowest BCUT2D eigenvalue weighted by molar-refractivity contribution is -0.141. The summed E-state index contributed by atoms with van der Waals surface area (Å²) in [6.45, 7) is 6.54. The molecule has 4 heteroatoms. The maximum absolute atomic E-state index is 11.8. The second-order valence-corrected chi connectivity index (χ2v) is 5.10. The summed E-state index contributed by atoms with van der Waals surface area (Å²) in [7, 11) is 0. The highest BCUT2D eigenvalue weighted by atomic mass is 32.1. The molecule has 0 spiro atoms. The molecule has 2 amide bonds. The Balaban J connectivity index is 2.79. The number of carbonyl (C=O) groups excluding carboxylic acids is 2. The monoisotopic (exact) mass is 243 g/mol.